The van der Waals surface area contributed by atoms with E-state index in [1.54, 1.807) is 18.2 Å². The molecule has 0 fully saturated rings. The number of phenolic OH excluding ortho intramolecular Hbond substituents is 1. The molecule has 0 radical (unpaired) electrons. The van der Waals surface area contributed by atoms with Crippen LogP contribution in [-0.4, -0.2) is 22.9 Å². The molecule has 0 heterocycles. The number of para-hydroxylation sites is 1. The molecule has 0 bridgehead atoms. The Bertz CT molecular complexity index is 313. The van der Waals surface area contributed by atoms with Gasteiger partial charge in [-0.15, -0.1) is 0 Å². The molecule has 84 valence electrons. The van der Waals surface area contributed by atoms with E-state index in [1.165, 1.54) is 0 Å². The average molecular weight is 230 g/mol. The average Bonchev–Trinajstić information content (AvgIpc) is 2.25. The number of rotatable bonds is 5. The van der Waals surface area contributed by atoms with Crippen LogP contribution in [-0.2, 0) is 6.54 Å². The van der Waals surface area contributed by atoms with Crippen molar-refractivity contribution in [3.05, 3.63) is 28.8 Å². The maximum Gasteiger partial charge on any atom is 0.138 e. The zero-order valence-corrected chi connectivity index (χ0v) is 9.46. The molecule has 0 aliphatic carbocycles. The van der Waals surface area contributed by atoms with E-state index in [1.807, 2.05) is 6.92 Å². The molecule has 1 atom stereocenters. The van der Waals surface area contributed by atoms with Crippen LogP contribution in [0.1, 0.15) is 18.9 Å². The van der Waals surface area contributed by atoms with Crippen LogP contribution in [0.25, 0.3) is 0 Å². The third kappa shape index (κ3) is 3.38. The summed E-state index contributed by atoms with van der Waals surface area (Å²) in [6.45, 7) is 2.59. The van der Waals surface area contributed by atoms with Gasteiger partial charge in [-0.25, -0.2) is 0 Å². The predicted octanol–water partition coefficient (Wildman–Crippen LogP) is 1.91. The smallest absolute Gasteiger partial charge is 0.138 e. The lowest BCUT2D eigenvalue weighted by Crippen LogP contribution is -2.31. The molecule has 0 saturated heterocycles. The molecule has 4 heteroatoms. The van der Waals surface area contributed by atoms with E-state index in [2.05, 4.69) is 5.32 Å². The van der Waals surface area contributed by atoms with E-state index in [4.69, 9.17) is 16.7 Å². The van der Waals surface area contributed by atoms with E-state index >= 15 is 0 Å². The van der Waals surface area contributed by atoms with Gasteiger partial charge in [0.1, 0.15) is 5.75 Å². The van der Waals surface area contributed by atoms with Crippen molar-refractivity contribution in [2.24, 2.45) is 0 Å². The lowest BCUT2D eigenvalue weighted by Gasteiger charge is -2.14. The summed E-state index contributed by atoms with van der Waals surface area (Å²) in [5, 5.41) is 22.1. The summed E-state index contributed by atoms with van der Waals surface area (Å²) in [5.41, 5.74) is 0.745. The summed E-state index contributed by atoms with van der Waals surface area (Å²) in [7, 11) is 0. The number of nitrogens with one attached hydrogen (secondary N) is 1. The summed E-state index contributed by atoms with van der Waals surface area (Å²) in [4.78, 5) is 0. The molecule has 0 aliphatic heterocycles. The van der Waals surface area contributed by atoms with Crippen molar-refractivity contribution in [2.75, 3.05) is 6.61 Å². The first-order valence-corrected chi connectivity index (χ1v) is 5.37. The summed E-state index contributed by atoms with van der Waals surface area (Å²) < 4.78 is 0. The zero-order valence-electron chi connectivity index (χ0n) is 8.70. The topological polar surface area (TPSA) is 52.5 Å². The van der Waals surface area contributed by atoms with Crippen LogP contribution < -0.4 is 5.32 Å². The normalized spacial score (nSPS) is 12.7. The number of hydrogen-bond donors (Lipinski definition) is 3. The molecule has 0 aromatic heterocycles. The fourth-order valence-corrected chi connectivity index (χ4v) is 1.49. The van der Waals surface area contributed by atoms with Gasteiger partial charge in [0.25, 0.3) is 0 Å². The number of aliphatic hydroxyl groups excluding tert-OH is 1. The molecule has 0 aliphatic rings. The first-order chi connectivity index (χ1) is 7.19. The van der Waals surface area contributed by atoms with E-state index in [0.29, 0.717) is 11.6 Å². The van der Waals surface area contributed by atoms with Gasteiger partial charge in [-0.05, 0) is 12.5 Å². The van der Waals surface area contributed by atoms with E-state index < -0.39 is 0 Å². The Kier molecular flexibility index (Phi) is 4.88. The third-order valence-electron chi connectivity index (χ3n) is 2.36. The number of aromatic hydroxyl groups is 1. The summed E-state index contributed by atoms with van der Waals surface area (Å²) in [6, 6.07) is 5.30. The molecule has 15 heavy (non-hydrogen) atoms. The molecule has 3 N–H and O–H groups in total. The van der Waals surface area contributed by atoms with Gasteiger partial charge in [-0.2, -0.15) is 0 Å². The standard InChI is InChI=1S/C11H16ClNO2/c1-2-9(7-14)13-6-8-4-3-5-10(12)11(8)15/h3-5,9,13-15H,2,6-7H2,1H3/t9-/m1/s1. The quantitative estimate of drug-likeness (QED) is 0.723. The van der Waals surface area contributed by atoms with Crippen molar-refractivity contribution < 1.29 is 10.2 Å². The predicted molar refractivity (Wildman–Crippen MR) is 61.1 cm³/mol. The monoisotopic (exact) mass is 229 g/mol. The van der Waals surface area contributed by atoms with Gasteiger partial charge in [0.2, 0.25) is 0 Å². The fourth-order valence-electron chi connectivity index (χ4n) is 1.29. The number of halogens is 1. The van der Waals surface area contributed by atoms with Crippen molar-refractivity contribution in [2.45, 2.75) is 25.9 Å². The highest BCUT2D eigenvalue weighted by molar-refractivity contribution is 6.32. The highest BCUT2D eigenvalue weighted by Crippen LogP contribution is 2.26. The molecule has 0 saturated carbocycles. The zero-order chi connectivity index (χ0) is 11.3. The van der Waals surface area contributed by atoms with Crippen LogP contribution in [0.4, 0.5) is 0 Å². The maximum atomic E-state index is 9.62. The minimum atomic E-state index is 0.0587. The lowest BCUT2D eigenvalue weighted by molar-refractivity contribution is 0.238. The van der Waals surface area contributed by atoms with Crippen molar-refractivity contribution in [1.82, 2.24) is 5.32 Å². The van der Waals surface area contributed by atoms with Crippen LogP contribution in [0, 0.1) is 0 Å². The molecule has 1 rings (SSSR count). The van der Waals surface area contributed by atoms with Crippen molar-refractivity contribution in [3.8, 4) is 5.75 Å². The van der Waals surface area contributed by atoms with Crippen molar-refractivity contribution in [3.63, 3.8) is 0 Å². The second-order valence-corrected chi connectivity index (χ2v) is 3.82. The minimum Gasteiger partial charge on any atom is -0.506 e. The minimum absolute atomic E-state index is 0.0587. The van der Waals surface area contributed by atoms with Crippen molar-refractivity contribution >= 4 is 11.6 Å². The fraction of sp³-hybridized carbons (Fsp3) is 0.455. The Morgan fingerprint density at radius 1 is 1.47 bits per heavy atom. The van der Waals surface area contributed by atoms with E-state index in [0.717, 1.165) is 12.0 Å². The Morgan fingerprint density at radius 2 is 2.20 bits per heavy atom. The number of phenols is 1. The van der Waals surface area contributed by atoms with E-state index in [9.17, 15) is 5.11 Å². The third-order valence-corrected chi connectivity index (χ3v) is 2.67. The summed E-state index contributed by atoms with van der Waals surface area (Å²) in [5.74, 6) is 0.111. The second-order valence-electron chi connectivity index (χ2n) is 3.42. The van der Waals surface area contributed by atoms with Gasteiger partial charge in [0, 0.05) is 18.2 Å². The highest BCUT2D eigenvalue weighted by atomic mass is 35.5. The Morgan fingerprint density at radius 3 is 2.80 bits per heavy atom. The lowest BCUT2D eigenvalue weighted by atomic mass is 10.1. The summed E-state index contributed by atoms with van der Waals surface area (Å²) >= 11 is 5.77. The van der Waals surface area contributed by atoms with Gasteiger partial charge in [-0.1, -0.05) is 30.7 Å². The van der Waals surface area contributed by atoms with Crippen LogP contribution in [0.5, 0.6) is 5.75 Å². The Labute approximate surface area is 94.7 Å². The summed E-state index contributed by atoms with van der Waals surface area (Å²) in [6.07, 6.45) is 0.845. The molecule has 0 amide bonds. The van der Waals surface area contributed by atoms with Gasteiger partial charge in [-0.3, -0.25) is 0 Å². The first-order valence-electron chi connectivity index (χ1n) is 4.99. The Balaban J connectivity index is 2.61. The molecule has 0 unspecified atom stereocenters. The van der Waals surface area contributed by atoms with Gasteiger partial charge in [0.15, 0.2) is 0 Å². The van der Waals surface area contributed by atoms with Crippen LogP contribution in [0.15, 0.2) is 18.2 Å². The molecule has 3 nitrogen and oxygen atoms in total. The number of aliphatic hydroxyl groups is 1. The van der Waals surface area contributed by atoms with Crippen LogP contribution in [0.2, 0.25) is 5.02 Å². The molecule has 1 aromatic carbocycles. The number of hydrogen-bond acceptors (Lipinski definition) is 3. The van der Waals surface area contributed by atoms with Gasteiger partial charge in [0.05, 0.1) is 11.6 Å². The van der Waals surface area contributed by atoms with Gasteiger partial charge >= 0.3 is 0 Å². The molecule has 1 aromatic rings. The van der Waals surface area contributed by atoms with Crippen LogP contribution >= 0.6 is 11.6 Å². The second kappa shape index (κ2) is 5.95. The largest absolute Gasteiger partial charge is 0.506 e. The number of benzene rings is 1. The highest BCUT2D eigenvalue weighted by Gasteiger charge is 2.07. The van der Waals surface area contributed by atoms with Crippen molar-refractivity contribution in [1.29, 1.82) is 0 Å². The van der Waals surface area contributed by atoms with E-state index in [-0.39, 0.29) is 18.4 Å². The molecule has 0 spiro atoms. The molecular weight excluding hydrogens is 214 g/mol. The molecular formula is C11H16ClNO2. The maximum absolute atomic E-state index is 9.62. The SMILES string of the molecule is CC[C@H](CO)NCc1cccc(Cl)c1O. The Hall–Kier alpha value is -0.770. The van der Waals surface area contributed by atoms with Crippen LogP contribution in [0.3, 0.4) is 0 Å². The van der Waals surface area contributed by atoms with Gasteiger partial charge < -0.3 is 15.5 Å². The first kappa shape index (κ1) is 12.3.